The highest BCUT2D eigenvalue weighted by Gasteiger charge is 2.21. The Balaban J connectivity index is 1.51. The van der Waals surface area contributed by atoms with Gasteiger partial charge >= 0.3 is 0 Å². The second-order valence-electron chi connectivity index (χ2n) is 6.40. The molecule has 0 bridgehead atoms. The van der Waals surface area contributed by atoms with Crippen LogP contribution in [-0.4, -0.2) is 43.0 Å². The Bertz CT molecular complexity index is 1150. The van der Waals surface area contributed by atoms with Crippen molar-refractivity contribution in [2.24, 2.45) is 0 Å². The predicted octanol–water partition coefficient (Wildman–Crippen LogP) is 2.46. The minimum atomic E-state index is -0.175. The van der Waals surface area contributed by atoms with Gasteiger partial charge in [0.05, 0.1) is 24.6 Å². The molecular formula is C19H19N7O2S. The molecule has 0 aliphatic carbocycles. The van der Waals surface area contributed by atoms with Gasteiger partial charge < -0.3 is 10.1 Å². The quantitative estimate of drug-likeness (QED) is 0.525. The number of aryl methyl sites for hydroxylation is 1. The van der Waals surface area contributed by atoms with Crippen LogP contribution in [0.15, 0.2) is 43.0 Å². The average Bonchev–Trinajstić information content (AvgIpc) is 3.48. The van der Waals surface area contributed by atoms with Crippen molar-refractivity contribution >= 4 is 17.2 Å². The minimum Gasteiger partial charge on any atom is -0.497 e. The first kappa shape index (κ1) is 18.8. The van der Waals surface area contributed by atoms with Crippen LogP contribution in [0.5, 0.6) is 5.75 Å². The lowest BCUT2D eigenvalue weighted by Crippen LogP contribution is -2.24. The van der Waals surface area contributed by atoms with E-state index in [2.05, 4.69) is 25.9 Å². The van der Waals surface area contributed by atoms with Gasteiger partial charge in [0.15, 0.2) is 0 Å². The van der Waals surface area contributed by atoms with Crippen LogP contribution in [0, 0.1) is 13.8 Å². The maximum absolute atomic E-state index is 12.9. The van der Waals surface area contributed by atoms with Crippen LogP contribution in [0.2, 0.25) is 0 Å². The Morgan fingerprint density at radius 1 is 1.28 bits per heavy atom. The lowest BCUT2D eigenvalue weighted by molar-refractivity contribution is 0.0950. The van der Waals surface area contributed by atoms with E-state index in [-0.39, 0.29) is 5.91 Å². The number of amides is 1. The molecule has 0 atom stereocenters. The second kappa shape index (κ2) is 7.84. The lowest BCUT2D eigenvalue weighted by atomic mass is 10.1. The molecule has 29 heavy (non-hydrogen) atoms. The molecule has 9 nitrogen and oxygen atoms in total. The highest BCUT2D eigenvalue weighted by atomic mass is 32.1. The average molecular weight is 409 g/mol. The van der Waals surface area contributed by atoms with Crippen molar-refractivity contribution in [3.8, 4) is 16.4 Å². The molecule has 0 unspecified atom stereocenters. The van der Waals surface area contributed by atoms with Crippen molar-refractivity contribution in [2.75, 3.05) is 7.11 Å². The number of carbonyl (C=O) groups is 1. The molecule has 3 aromatic heterocycles. The van der Waals surface area contributed by atoms with Gasteiger partial charge in [0, 0.05) is 29.2 Å². The van der Waals surface area contributed by atoms with E-state index in [0.717, 1.165) is 27.4 Å². The van der Waals surface area contributed by atoms with E-state index in [9.17, 15) is 4.79 Å². The Kier molecular flexibility index (Phi) is 5.09. The summed E-state index contributed by atoms with van der Waals surface area (Å²) in [5.41, 5.74) is 3.27. The molecule has 148 valence electrons. The molecule has 0 aliphatic heterocycles. The van der Waals surface area contributed by atoms with Crippen molar-refractivity contribution in [3.63, 3.8) is 0 Å². The van der Waals surface area contributed by atoms with Gasteiger partial charge in [-0.2, -0.15) is 9.78 Å². The van der Waals surface area contributed by atoms with E-state index in [1.807, 2.05) is 44.3 Å². The number of aromatic nitrogens is 6. The number of ether oxygens (including phenoxy) is 1. The molecule has 4 aromatic rings. The lowest BCUT2D eigenvalue weighted by Gasteiger charge is -2.06. The molecule has 4 rings (SSSR count). The van der Waals surface area contributed by atoms with E-state index >= 15 is 0 Å². The van der Waals surface area contributed by atoms with Crippen LogP contribution >= 0.6 is 11.3 Å². The molecule has 1 N–H and O–H groups in total. The maximum atomic E-state index is 12.9. The van der Waals surface area contributed by atoms with Crippen molar-refractivity contribution in [3.05, 3.63) is 64.6 Å². The van der Waals surface area contributed by atoms with Crippen LogP contribution in [0.1, 0.15) is 26.4 Å². The second-order valence-corrected chi connectivity index (χ2v) is 7.60. The Hall–Kier alpha value is -3.53. The zero-order valence-electron chi connectivity index (χ0n) is 16.2. The van der Waals surface area contributed by atoms with Gasteiger partial charge in [-0.25, -0.2) is 4.68 Å². The number of rotatable bonds is 6. The summed E-state index contributed by atoms with van der Waals surface area (Å²) in [4.78, 5) is 13.9. The molecule has 0 saturated carbocycles. The topological polar surface area (TPSA) is 99.8 Å². The van der Waals surface area contributed by atoms with Gasteiger partial charge in [0.1, 0.15) is 17.1 Å². The summed E-state index contributed by atoms with van der Waals surface area (Å²) in [5.74, 6) is 0.581. The van der Waals surface area contributed by atoms with Gasteiger partial charge in [-0.05, 0) is 42.0 Å². The SMILES string of the molecule is COc1cccc(-n2cc(CNC(=O)c3c(-n4cnnn4)sc(C)c3C)cn2)c1. The number of methoxy groups -OCH3 is 1. The normalized spacial score (nSPS) is 10.9. The molecule has 1 amide bonds. The molecule has 0 spiro atoms. The molecule has 1 aromatic carbocycles. The number of nitrogens with zero attached hydrogens (tertiary/aromatic N) is 6. The third-order valence-electron chi connectivity index (χ3n) is 4.56. The summed E-state index contributed by atoms with van der Waals surface area (Å²) >= 11 is 1.48. The maximum Gasteiger partial charge on any atom is 0.254 e. The standard InChI is InChI=1S/C19H19N7O2S/c1-12-13(2)29-19(26-11-21-23-24-26)17(12)18(27)20-8-14-9-22-25(10-14)15-5-4-6-16(7-15)28-3/h4-7,9-11H,8H2,1-3H3,(H,20,27). The number of benzene rings is 1. The first-order valence-corrected chi connectivity index (χ1v) is 9.68. The first-order valence-electron chi connectivity index (χ1n) is 8.86. The van der Waals surface area contributed by atoms with E-state index in [1.165, 1.54) is 22.3 Å². The number of hydrogen-bond acceptors (Lipinski definition) is 7. The zero-order valence-corrected chi connectivity index (χ0v) is 17.0. The van der Waals surface area contributed by atoms with Crippen LogP contribution in [-0.2, 0) is 6.54 Å². The summed E-state index contributed by atoms with van der Waals surface area (Å²) in [6, 6.07) is 7.61. The van der Waals surface area contributed by atoms with Gasteiger partial charge in [-0.3, -0.25) is 4.79 Å². The van der Waals surface area contributed by atoms with Gasteiger partial charge in [-0.15, -0.1) is 16.4 Å². The smallest absolute Gasteiger partial charge is 0.254 e. The molecule has 0 aliphatic rings. The Labute approximate surface area is 170 Å². The molecule has 0 saturated heterocycles. The number of thiophene rings is 1. The third-order valence-corrected chi connectivity index (χ3v) is 5.75. The molecule has 0 radical (unpaired) electrons. The monoisotopic (exact) mass is 409 g/mol. The molecular weight excluding hydrogens is 390 g/mol. The summed E-state index contributed by atoms with van der Waals surface area (Å²) in [6.07, 6.45) is 5.09. The van der Waals surface area contributed by atoms with Crippen molar-refractivity contribution < 1.29 is 9.53 Å². The van der Waals surface area contributed by atoms with Crippen LogP contribution < -0.4 is 10.1 Å². The first-order chi connectivity index (χ1) is 14.1. The highest BCUT2D eigenvalue weighted by Crippen LogP contribution is 2.30. The van der Waals surface area contributed by atoms with Gasteiger partial charge in [0.25, 0.3) is 5.91 Å². The number of carbonyl (C=O) groups excluding carboxylic acids is 1. The number of hydrogen-bond donors (Lipinski definition) is 1. The summed E-state index contributed by atoms with van der Waals surface area (Å²) in [5, 5.41) is 19.3. The van der Waals surface area contributed by atoms with Crippen LogP contribution in [0.25, 0.3) is 10.7 Å². The largest absolute Gasteiger partial charge is 0.497 e. The Morgan fingerprint density at radius 2 is 2.14 bits per heavy atom. The third kappa shape index (κ3) is 3.74. The van der Waals surface area contributed by atoms with E-state index in [0.29, 0.717) is 17.1 Å². The molecule has 10 heteroatoms. The fourth-order valence-corrected chi connectivity index (χ4v) is 3.98. The van der Waals surface area contributed by atoms with Crippen molar-refractivity contribution in [2.45, 2.75) is 20.4 Å². The number of tetrazole rings is 1. The highest BCUT2D eigenvalue weighted by molar-refractivity contribution is 7.15. The Morgan fingerprint density at radius 3 is 2.90 bits per heavy atom. The molecule has 3 heterocycles. The zero-order chi connectivity index (χ0) is 20.4. The summed E-state index contributed by atoms with van der Waals surface area (Å²) in [7, 11) is 1.63. The van der Waals surface area contributed by atoms with Crippen molar-refractivity contribution in [1.82, 2.24) is 35.3 Å². The van der Waals surface area contributed by atoms with Crippen LogP contribution in [0.3, 0.4) is 0 Å². The van der Waals surface area contributed by atoms with E-state index in [1.54, 1.807) is 18.0 Å². The fraction of sp³-hybridized carbons (Fsp3) is 0.211. The van der Waals surface area contributed by atoms with E-state index in [4.69, 9.17) is 4.74 Å². The van der Waals surface area contributed by atoms with Crippen molar-refractivity contribution in [1.29, 1.82) is 0 Å². The molecule has 0 fully saturated rings. The summed E-state index contributed by atoms with van der Waals surface area (Å²) in [6.45, 7) is 4.25. The van der Waals surface area contributed by atoms with Gasteiger partial charge in [-0.1, -0.05) is 6.07 Å². The van der Waals surface area contributed by atoms with Gasteiger partial charge in [0.2, 0.25) is 0 Å². The van der Waals surface area contributed by atoms with Crippen LogP contribution in [0.4, 0.5) is 0 Å². The number of nitrogens with one attached hydrogen (secondary N) is 1. The summed E-state index contributed by atoms with van der Waals surface area (Å²) < 4.78 is 8.51. The predicted molar refractivity (Wildman–Crippen MR) is 108 cm³/mol. The van der Waals surface area contributed by atoms with E-state index < -0.39 is 0 Å². The minimum absolute atomic E-state index is 0.175. The fourth-order valence-electron chi connectivity index (χ4n) is 2.91.